The molecule has 0 saturated carbocycles. The summed E-state index contributed by atoms with van der Waals surface area (Å²) in [6, 6.07) is 20.6. The Labute approximate surface area is 172 Å². The van der Waals surface area contributed by atoms with E-state index in [1.807, 2.05) is 57.4 Å². The molecule has 0 aromatic heterocycles. The predicted molar refractivity (Wildman–Crippen MR) is 121 cm³/mol. The minimum atomic E-state index is -0.434. The van der Waals surface area contributed by atoms with Crippen molar-refractivity contribution in [2.24, 2.45) is 0 Å². The lowest BCUT2D eigenvalue weighted by Crippen LogP contribution is -2.43. The van der Waals surface area contributed by atoms with Gasteiger partial charge >= 0.3 is 0 Å². The van der Waals surface area contributed by atoms with E-state index in [0.29, 0.717) is 17.9 Å². The Balaban J connectivity index is 1.63. The average molecular weight is 392 g/mol. The summed E-state index contributed by atoms with van der Waals surface area (Å²) in [5.41, 5.74) is 2.39. The number of hydrogen-bond acceptors (Lipinski definition) is 5. The highest BCUT2D eigenvalue weighted by molar-refractivity contribution is 5.74. The summed E-state index contributed by atoms with van der Waals surface area (Å²) >= 11 is 0. The van der Waals surface area contributed by atoms with Crippen molar-refractivity contribution in [1.29, 1.82) is 0 Å². The van der Waals surface area contributed by atoms with Crippen molar-refractivity contribution in [2.45, 2.75) is 31.8 Å². The van der Waals surface area contributed by atoms with Gasteiger partial charge in [-0.05, 0) is 45.0 Å². The van der Waals surface area contributed by atoms with Crippen molar-refractivity contribution in [1.82, 2.24) is 4.90 Å². The molecule has 0 bridgehead atoms. The Hall–Kier alpha value is -2.92. The number of nitrogens with one attached hydrogen (secondary N) is 2. The Bertz CT molecular complexity index is 977. The van der Waals surface area contributed by atoms with Gasteiger partial charge in [-0.2, -0.15) is 0 Å². The largest absolute Gasteiger partial charge is 0.378 e. The van der Waals surface area contributed by atoms with E-state index in [0.717, 1.165) is 12.8 Å². The maximum absolute atomic E-state index is 12.1. The predicted octanol–water partition coefficient (Wildman–Crippen LogP) is 2.91. The smallest absolute Gasteiger partial charge is 0.253 e. The van der Waals surface area contributed by atoms with Crippen LogP contribution in [0.5, 0.6) is 0 Å². The molecule has 3 rings (SSSR count). The monoisotopic (exact) mass is 391 g/mol. The fourth-order valence-electron chi connectivity index (χ4n) is 3.51. The lowest BCUT2D eigenvalue weighted by Gasteiger charge is -2.26. The zero-order valence-electron chi connectivity index (χ0n) is 17.3. The summed E-state index contributed by atoms with van der Waals surface area (Å²) in [7, 11) is 4.05. The number of anilines is 2. The van der Waals surface area contributed by atoms with E-state index in [-0.39, 0.29) is 12.1 Å². The molecular formula is C24H29N3O2. The molecule has 29 heavy (non-hydrogen) atoms. The second-order valence-electron chi connectivity index (χ2n) is 7.83. The van der Waals surface area contributed by atoms with Gasteiger partial charge in [0.2, 0.25) is 0 Å². The molecule has 0 fully saturated rings. The minimum Gasteiger partial charge on any atom is -0.378 e. The fourth-order valence-corrected chi connectivity index (χ4v) is 3.51. The van der Waals surface area contributed by atoms with Crippen molar-refractivity contribution in [3.63, 3.8) is 0 Å². The average Bonchev–Trinajstić information content (AvgIpc) is 2.73. The molecule has 0 aliphatic heterocycles. The summed E-state index contributed by atoms with van der Waals surface area (Å²) < 4.78 is 0. The second kappa shape index (κ2) is 9.52. The standard InChI is InChI=1S/C24H29N3O2/c1-17(14-18-10-6-4-7-11-18)26-22-21(23(28)24(22)29)25-16-20(27(2)3)15-19-12-8-5-9-13-19/h4-13,17,20,25-26H,14-16H2,1-3H3/t17-,20-/m0/s1. The van der Waals surface area contributed by atoms with Gasteiger partial charge in [0.15, 0.2) is 0 Å². The lowest BCUT2D eigenvalue weighted by atomic mass is 10.0. The van der Waals surface area contributed by atoms with E-state index in [1.165, 1.54) is 11.1 Å². The third-order valence-corrected chi connectivity index (χ3v) is 5.24. The van der Waals surface area contributed by atoms with E-state index in [9.17, 15) is 9.59 Å². The molecule has 5 nitrogen and oxygen atoms in total. The van der Waals surface area contributed by atoms with Crippen LogP contribution in [0.2, 0.25) is 0 Å². The van der Waals surface area contributed by atoms with Crippen molar-refractivity contribution in [3.05, 3.63) is 92.2 Å². The Morgan fingerprint density at radius 2 is 1.31 bits per heavy atom. The van der Waals surface area contributed by atoms with Crippen LogP contribution in [0.1, 0.15) is 18.1 Å². The number of likely N-dealkylation sites (N-methyl/N-ethyl adjacent to an activating group) is 1. The normalized spacial score (nSPS) is 13.4. The van der Waals surface area contributed by atoms with Gasteiger partial charge in [-0.1, -0.05) is 60.7 Å². The molecule has 0 heterocycles. The molecule has 0 amide bonds. The SMILES string of the molecule is C[C@@H](Cc1ccccc1)Nc1c(NC[C@H](Cc2ccccc2)N(C)C)c(=O)c1=O. The van der Waals surface area contributed by atoms with E-state index >= 15 is 0 Å². The minimum absolute atomic E-state index is 0.0511. The molecule has 152 valence electrons. The Morgan fingerprint density at radius 3 is 1.86 bits per heavy atom. The first kappa shape index (κ1) is 20.8. The highest BCUT2D eigenvalue weighted by Crippen LogP contribution is 2.18. The van der Waals surface area contributed by atoms with E-state index in [2.05, 4.69) is 39.8 Å². The van der Waals surface area contributed by atoms with Gasteiger partial charge < -0.3 is 15.5 Å². The van der Waals surface area contributed by atoms with Crippen LogP contribution in [0.15, 0.2) is 70.3 Å². The van der Waals surface area contributed by atoms with E-state index < -0.39 is 10.9 Å². The van der Waals surface area contributed by atoms with Crippen LogP contribution in [0.25, 0.3) is 0 Å². The van der Waals surface area contributed by atoms with Gasteiger partial charge in [0.25, 0.3) is 10.9 Å². The van der Waals surface area contributed by atoms with E-state index in [1.54, 1.807) is 0 Å². The molecule has 0 aliphatic rings. The van der Waals surface area contributed by atoms with Crippen molar-refractivity contribution in [2.75, 3.05) is 31.3 Å². The number of benzene rings is 2. The van der Waals surface area contributed by atoms with Gasteiger partial charge in [-0.15, -0.1) is 0 Å². The molecule has 5 heteroatoms. The lowest BCUT2D eigenvalue weighted by molar-refractivity contribution is 0.303. The first-order chi connectivity index (χ1) is 14.0. The molecular weight excluding hydrogens is 362 g/mol. The van der Waals surface area contributed by atoms with E-state index in [4.69, 9.17) is 0 Å². The zero-order valence-corrected chi connectivity index (χ0v) is 17.3. The third-order valence-electron chi connectivity index (χ3n) is 5.24. The van der Waals surface area contributed by atoms with Gasteiger partial charge in [0.1, 0.15) is 11.4 Å². The summed E-state index contributed by atoms with van der Waals surface area (Å²) in [6.07, 6.45) is 1.65. The topological polar surface area (TPSA) is 61.4 Å². The maximum atomic E-state index is 12.1. The van der Waals surface area contributed by atoms with Gasteiger partial charge in [-0.25, -0.2) is 0 Å². The highest BCUT2D eigenvalue weighted by Gasteiger charge is 2.23. The van der Waals surface area contributed by atoms with Crippen LogP contribution in [-0.2, 0) is 12.8 Å². The molecule has 3 aromatic rings. The molecule has 0 spiro atoms. The number of nitrogens with zero attached hydrogens (tertiary/aromatic N) is 1. The van der Waals surface area contributed by atoms with Crippen molar-refractivity contribution in [3.8, 4) is 0 Å². The summed E-state index contributed by atoms with van der Waals surface area (Å²) in [4.78, 5) is 26.4. The fraction of sp³-hybridized carbons (Fsp3) is 0.333. The zero-order chi connectivity index (χ0) is 20.8. The first-order valence-electron chi connectivity index (χ1n) is 10.0. The molecule has 0 unspecified atom stereocenters. The van der Waals surface area contributed by atoms with Crippen molar-refractivity contribution >= 4 is 11.4 Å². The molecule has 0 aliphatic carbocycles. The molecule has 0 radical (unpaired) electrons. The summed E-state index contributed by atoms with van der Waals surface area (Å²) in [5, 5.41) is 6.46. The number of hydrogen-bond donors (Lipinski definition) is 2. The van der Waals surface area contributed by atoms with Crippen LogP contribution in [0, 0.1) is 0 Å². The molecule has 0 saturated heterocycles. The van der Waals surface area contributed by atoms with Crippen LogP contribution >= 0.6 is 0 Å². The van der Waals surface area contributed by atoms with Crippen molar-refractivity contribution < 1.29 is 0 Å². The van der Waals surface area contributed by atoms with Crippen LogP contribution in [0.4, 0.5) is 11.4 Å². The van der Waals surface area contributed by atoms with Gasteiger partial charge in [-0.3, -0.25) is 9.59 Å². The maximum Gasteiger partial charge on any atom is 0.253 e. The molecule has 2 N–H and O–H groups in total. The van der Waals surface area contributed by atoms with Gasteiger partial charge in [0.05, 0.1) is 0 Å². The van der Waals surface area contributed by atoms with Gasteiger partial charge in [0, 0.05) is 18.6 Å². The highest BCUT2D eigenvalue weighted by atomic mass is 16.2. The Kier molecular flexibility index (Phi) is 6.83. The third kappa shape index (κ3) is 5.33. The second-order valence-corrected chi connectivity index (χ2v) is 7.83. The quantitative estimate of drug-likeness (QED) is 0.521. The summed E-state index contributed by atoms with van der Waals surface area (Å²) in [5.74, 6) is 0. The summed E-state index contributed by atoms with van der Waals surface area (Å²) in [6.45, 7) is 2.61. The van der Waals surface area contributed by atoms with Crippen LogP contribution in [-0.4, -0.2) is 37.6 Å². The molecule has 2 atom stereocenters. The first-order valence-corrected chi connectivity index (χ1v) is 10.0. The number of rotatable bonds is 10. The van der Waals surface area contributed by atoms with Crippen LogP contribution < -0.4 is 21.5 Å². The Morgan fingerprint density at radius 1 is 0.793 bits per heavy atom. The van der Waals surface area contributed by atoms with Crippen LogP contribution in [0.3, 0.4) is 0 Å². The molecule has 3 aromatic carbocycles.